The molecular formula is C52H97O12P. The third-order valence-electron chi connectivity index (χ3n) is 12.2. The van der Waals surface area contributed by atoms with Gasteiger partial charge in [0.2, 0.25) is 0 Å². The number of rotatable bonds is 45. The van der Waals surface area contributed by atoms with E-state index in [-0.39, 0.29) is 13.0 Å². The van der Waals surface area contributed by atoms with Crippen LogP contribution in [0.3, 0.4) is 0 Å². The van der Waals surface area contributed by atoms with Gasteiger partial charge in [0.15, 0.2) is 0 Å². The van der Waals surface area contributed by atoms with Crippen molar-refractivity contribution in [1.29, 1.82) is 0 Å². The van der Waals surface area contributed by atoms with Crippen LogP contribution in [0.25, 0.3) is 0 Å². The molecule has 1 aliphatic carbocycles. The number of carbonyl (C=O) groups is 1. The monoisotopic (exact) mass is 945 g/mol. The second-order valence-corrected chi connectivity index (χ2v) is 19.8. The molecule has 0 saturated heterocycles. The maximum Gasteiger partial charge on any atom is 0.472 e. The van der Waals surface area contributed by atoms with E-state index in [1.165, 1.54) is 135 Å². The van der Waals surface area contributed by atoms with Gasteiger partial charge in [-0.25, -0.2) is 4.57 Å². The van der Waals surface area contributed by atoms with Crippen molar-refractivity contribution in [3.8, 4) is 0 Å². The first kappa shape index (κ1) is 61.6. The quantitative estimate of drug-likeness (QED) is 0.0147. The zero-order valence-electron chi connectivity index (χ0n) is 41.0. The van der Waals surface area contributed by atoms with Crippen LogP contribution in [0, 0.1) is 0 Å². The lowest BCUT2D eigenvalue weighted by Crippen LogP contribution is -2.64. The summed E-state index contributed by atoms with van der Waals surface area (Å²) in [6, 6.07) is 0. The van der Waals surface area contributed by atoms with Gasteiger partial charge in [-0.05, 0) is 64.2 Å². The average Bonchev–Trinajstić information content (AvgIpc) is 3.29. The summed E-state index contributed by atoms with van der Waals surface area (Å²) >= 11 is 0. The number of aliphatic hydroxyl groups excluding tert-OH is 5. The van der Waals surface area contributed by atoms with Crippen LogP contribution < -0.4 is 0 Å². The summed E-state index contributed by atoms with van der Waals surface area (Å²) in [7, 11) is -5.02. The molecule has 12 nitrogen and oxygen atoms in total. The van der Waals surface area contributed by atoms with E-state index in [9.17, 15) is 39.8 Å². The number of esters is 1. The minimum Gasteiger partial charge on any atom is -0.457 e. The molecule has 65 heavy (non-hydrogen) atoms. The lowest BCUT2D eigenvalue weighted by molar-refractivity contribution is -0.220. The Morgan fingerprint density at radius 2 is 0.877 bits per heavy atom. The number of allylic oxidation sites excluding steroid dienone is 6. The lowest BCUT2D eigenvalue weighted by atomic mass is 9.85. The highest BCUT2D eigenvalue weighted by atomic mass is 31.2. The summed E-state index contributed by atoms with van der Waals surface area (Å²) in [5.74, 6) is -0.489. The standard InChI is InChI=1S/C52H97O12P/c1-3-5-7-9-11-13-15-17-19-20-21-22-23-24-25-26-27-28-30-32-34-36-38-40-42-61-43-45(44-62-65(59,60)64-52-50(57)48(55)47(54)49(56)51(52)58)63-46(53)41-39-37-35-33-31-29-18-16-14-12-10-8-6-4-2/h10,12,16,18,20-21,45,47-52,54-58H,3-9,11,13-15,17,19,22-44H2,1-2H3,(H,59,60)/b12-10-,18-16-,21-20-. The van der Waals surface area contributed by atoms with E-state index in [4.69, 9.17) is 18.5 Å². The van der Waals surface area contributed by atoms with Gasteiger partial charge in [0.25, 0.3) is 0 Å². The summed E-state index contributed by atoms with van der Waals surface area (Å²) in [5, 5.41) is 50.3. The van der Waals surface area contributed by atoms with Gasteiger partial charge in [0.1, 0.15) is 42.7 Å². The molecule has 1 fully saturated rings. The Morgan fingerprint density at radius 3 is 1.35 bits per heavy atom. The largest absolute Gasteiger partial charge is 0.472 e. The highest BCUT2D eigenvalue weighted by Gasteiger charge is 2.51. The van der Waals surface area contributed by atoms with E-state index < -0.39 is 63.1 Å². The Hall–Kier alpha value is -1.44. The Balaban J connectivity index is 2.29. The van der Waals surface area contributed by atoms with E-state index in [0.29, 0.717) is 13.0 Å². The van der Waals surface area contributed by atoms with Crippen molar-refractivity contribution in [3.05, 3.63) is 36.5 Å². The maximum absolute atomic E-state index is 12.8. The summed E-state index contributed by atoms with van der Waals surface area (Å²) in [6.07, 6.45) is 39.3. The topological polar surface area (TPSA) is 192 Å². The Labute approximate surface area is 395 Å². The van der Waals surface area contributed by atoms with Crippen molar-refractivity contribution in [1.82, 2.24) is 0 Å². The van der Waals surface area contributed by atoms with Gasteiger partial charge < -0.3 is 39.9 Å². The van der Waals surface area contributed by atoms with Gasteiger partial charge in [-0.2, -0.15) is 0 Å². The summed E-state index contributed by atoms with van der Waals surface area (Å²) < 4.78 is 34.3. The van der Waals surface area contributed by atoms with Crippen LogP contribution in [0.2, 0.25) is 0 Å². The van der Waals surface area contributed by atoms with Crippen LogP contribution in [0.15, 0.2) is 36.5 Å². The molecule has 382 valence electrons. The third kappa shape index (κ3) is 34.5. The number of aliphatic hydroxyl groups is 5. The molecule has 1 saturated carbocycles. The molecule has 0 aromatic heterocycles. The van der Waals surface area contributed by atoms with Crippen LogP contribution in [-0.2, 0) is 27.9 Å². The maximum atomic E-state index is 12.8. The van der Waals surface area contributed by atoms with Crippen molar-refractivity contribution in [2.24, 2.45) is 0 Å². The number of hydrogen-bond acceptors (Lipinski definition) is 11. The highest BCUT2D eigenvalue weighted by molar-refractivity contribution is 7.47. The predicted octanol–water partition coefficient (Wildman–Crippen LogP) is 11.8. The molecule has 0 aromatic rings. The van der Waals surface area contributed by atoms with Crippen molar-refractivity contribution in [2.45, 2.75) is 268 Å². The molecule has 1 rings (SSSR count). The van der Waals surface area contributed by atoms with Crippen LogP contribution in [0.4, 0.5) is 0 Å². The van der Waals surface area contributed by atoms with Crippen molar-refractivity contribution < 1.29 is 58.3 Å². The van der Waals surface area contributed by atoms with E-state index in [1.807, 2.05) is 0 Å². The number of carbonyl (C=O) groups excluding carboxylic acids is 1. The molecule has 6 unspecified atom stereocenters. The van der Waals surface area contributed by atoms with E-state index in [1.54, 1.807) is 0 Å². The van der Waals surface area contributed by atoms with Gasteiger partial charge in [0, 0.05) is 13.0 Å². The highest BCUT2D eigenvalue weighted by Crippen LogP contribution is 2.47. The van der Waals surface area contributed by atoms with E-state index in [0.717, 1.165) is 64.2 Å². The number of unbranched alkanes of at least 4 members (excludes halogenated alkanes) is 27. The fourth-order valence-electron chi connectivity index (χ4n) is 8.02. The van der Waals surface area contributed by atoms with Crippen molar-refractivity contribution >= 4 is 13.8 Å². The summed E-state index contributed by atoms with van der Waals surface area (Å²) in [5.41, 5.74) is 0. The normalized spacial score (nSPS) is 21.8. The minimum atomic E-state index is -5.02. The van der Waals surface area contributed by atoms with Crippen LogP contribution >= 0.6 is 7.82 Å². The molecule has 6 N–H and O–H groups in total. The zero-order valence-corrected chi connectivity index (χ0v) is 41.9. The fourth-order valence-corrected chi connectivity index (χ4v) is 8.99. The van der Waals surface area contributed by atoms with Crippen LogP contribution in [0.5, 0.6) is 0 Å². The molecule has 0 aromatic carbocycles. The van der Waals surface area contributed by atoms with E-state index >= 15 is 0 Å². The van der Waals surface area contributed by atoms with Gasteiger partial charge in [-0.1, -0.05) is 192 Å². The third-order valence-corrected chi connectivity index (χ3v) is 13.2. The number of phosphoric acid groups is 1. The Bertz CT molecular complexity index is 1210. The first-order valence-corrected chi connectivity index (χ1v) is 27.8. The van der Waals surface area contributed by atoms with Gasteiger partial charge in [-0.15, -0.1) is 0 Å². The molecule has 1 aliphatic rings. The zero-order chi connectivity index (χ0) is 47.6. The average molecular weight is 945 g/mol. The molecule has 13 heteroatoms. The molecule has 0 heterocycles. The smallest absolute Gasteiger partial charge is 0.457 e. The molecule has 0 aliphatic heterocycles. The minimum absolute atomic E-state index is 0.0812. The van der Waals surface area contributed by atoms with Gasteiger partial charge in [-0.3, -0.25) is 13.8 Å². The second kappa shape index (κ2) is 42.6. The molecule has 0 radical (unpaired) electrons. The summed E-state index contributed by atoms with van der Waals surface area (Å²) in [6.45, 7) is 4.22. The van der Waals surface area contributed by atoms with Gasteiger partial charge in [0.05, 0.1) is 13.2 Å². The first-order valence-electron chi connectivity index (χ1n) is 26.3. The van der Waals surface area contributed by atoms with E-state index in [2.05, 4.69) is 50.3 Å². The predicted molar refractivity (Wildman–Crippen MR) is 263 cm³/mol. The number of phosphoric ester groups is 1. The van der Waals surface area contributed by atoms with Gasteiger partial charge >= 0.3 is 13.8 Å². The van der Waals surface area contributed by atoms with Crippen LogP contribution in [-0.4, -0.2) is 98.9 Å². The Morgan fingerprint density at radius 1 is 0.492 bits per heavy atom. The Kier molecular flexibility index (Phi) is 40.4. The van der Waals surface area contributed by atoms with Crippen molar-refractivity contribution in [2.75, 3.05) is 19.8 Å². The molecule has 0 amide bonds. The number of ether oxygens (including phenoxy) is 2. The molecular weight excluding hydrogens is 848 g/mol. The molecule has 6 atom stereocenters. The lowest BCUT2D eigenvalue weighted by Gasteiger charge is -2.41. The molecule has 0 bridgehead atoms. The van der Waals surface area contributed by atoms with Crippen molar-refractivity contribution in [3.63, 3.8) is 0 Å². The number of hydrogen-bond donors (Lipinski definition) is 6. The second-order valence-electron chi connectivity index (χ2n) is 18.4. The SMILES string of the molecule is CCCC/C=C\C/C=C\CCCCCCCC(=O)OC(COCCCCCCCCCCCCCC/C=C\CCCCCCCCCC)COP(=O)(O)OC1C(O)C(O)C(O)C(O)C1O. The fraction of sp³-hybridized carbons (Fsp3) is 0.865. The molecule has 0 spiro atoms. The first-order chi connectivity index (χ1) is 31.5. The van der Waals surface area contributed by atoms with Crippen LogP contribution in [0.1, 0.15) is 226 Å². The summed E-state index contributed by atoms with van der Waals surface area (Å²) in [4.78, 5) is 23.2.